The molecule has 1 aliphatic rings. The molecule has 0 bridgehead atoms. The van der Waals surface area contributed by atoms with Crippen molar-refractivity contribution in [3.63, 3.8) is 0 Å². The van der Waals surface area contributed by atoms with E-state index in [0.29, 0.717) is 6.54 Å². The van der Waals surface area contributed by atoms with Gasteiger partial charge in [0.15, 0.2) is 0 Å². The molecule has 3 N–H and O–H groups in total. The van der Waals surface area contributed by atoms with Crippen molar-refractivity contribution in [3.05, 3.63) is 0 Å². The number of nitrogens with zero attached hydrogens (tertiary/aromatic N) is 1. The lowest BCUT2D eigenvalue weighted by Gasteiger charge is -2.31. The summed E-state index contributed by atoms with van der Waals surface area (Å²) in [5.41, 5.74) is -2.13. The summed E-state index contributed by atoms with van der Waals surface area (Å²) < 4.78 is 5.19. The second-order valence-corrected chi connectivity index (χ2v) is 6.07. The molecule has 0 aromatic carbocycles. The van der Waals surface area contributed by atoms with Crippen LogP contribution in [0.1, 0.15) is 27.7 Å². The first-order valence-corrected chi connectivity index (χ1v) is 6.69. The highest BCUT2D eigenvalue weighted by Gasteiger charge is 2.47. The Morgan fingerprint density at radius 1 is 1.50 bits per heavy atom. The van der Waals surface area contributed by atoms with Crippen LogP contribution < -0.4 is 5.32 Å². The minimum Gasteiger partial charge on any atom is -0.481 e. The molecule has 0 spiro atoms. The van der Waals surface area contributed by atoms with Crippen LogP contribution in [0.2, 0.25) is 0 Å². The average molecular weight is 288 g/mol. The van der Waals surface area contributed by atoms with E-state index in [-0.39, 0.29) is 19.8 Å². The van der Waals surface area contributed by atoms with Gasteiger partial charge in [0.05, 0.1) is 31.4 Å². The summed E-state index contributed by atoms with van der Waals surface area (Å²) in [4.78, 5) is 24.9. The van der Waals surface area contributed by atoms with Crippen molar-refractivity contribution in [1.82, 2.24) is 10.2 Å². The first-order valence-electron chi connectivity index (χ1n) is 6.69. The molecule has 1 aliphatic heterocycles. The molecule has 0 saturated carbocycles. The second kappa shape index (κ2) is 5.97. The number of hydrogen-bond donors (Lipinski definition) is 3. The zero-order valence-corrected chi connectivity index (χ0v) is 12.5. The number of carbonyl (C=O) groups excluding carboxylic acids is 1. The molecule has 7 heteroatoms. The minimum atomic E-state index is -1.12. The van der Waals surface area contributed by atoms with Gasteiger partial charge in [0.25, 0.3) is 0 Å². The van der Waals surface area contributed by atoms with Gasteiger partial charge in [0, 0.05) is 6.54 Å². The quantitative estimate of drug-likeness (QED) is 0.675. The van der Waals surface area contributed by atoms with Crippen molar-refractivity contribution in [3.8, 4) is 0 Å². The third kappa shape index (κ3) is 3.83. The van der Waals surface area contributed by atoms with Gasteiger partial charge >= 0.3 is 12.0 Å². The van der Waals surface area contributed by atoms with Gasteiger partial charge in [-0.15, -0.1) is 0 Å². The van der Waals surface area contributed by atoms with Gasteiger partial charge in [-0.25, -0.2) is 4.79 Å². The maximum Gasteiger partial charge on any atom is 0.317 e. The number of carboxylic acid groups (broad SMARTS) is 1. The number of aliphatic carboxylic acids is 1. The lowest BCUT2D eigenvalue weighted by molar-refractivity contribution is -0.148. The van der Waals surface area contributed by atoms with E-state index < -0.39 is 29.1 Å². The molecule has 2 unspecified atom stereocenters. The first-order chi connectivity index (χ1) is 9.10. The predicted molar refractivity (Wildman–Crippen MR) is 72.4 cm³/mol. The Morgan fingerprint density at radius 2 is 2.10 bits per heavy atom. The van der Waals surface area contributed by atoms with Crippen LogP contribution in [0.4, 0.5) is 4.79 Å². The monoisotopic (exact) mass is 288 g/mol. The second-order valence-electron chi connectivity index (χ2n) is 6.07. The van der Waals surface area contributed by atoms with Crippen molar-refractivity contribution in [1.29, 1.82) is 0 Å². The third-order valence-electron chi connectivity index (χ3n) is 3.49. The van der Waals surface area contributed by atoms with Crippen molar-refractivity contribution in [2.45, 2.75) is 39.3 Å². The highest BCUT2D eigenvalue weighted by molar-refractivity contribution is 5.79. The largest absolute Gasteiger partial charge is 0.481 e. The third-order valence-corrected chi connectivity index (χ3v) is 3.49. The van der Waals surface area contributed by atoms with Gasteiger partial charge in [-0.1, -0.05) is 0 Å². The number of nitrogens with one attached hydrogen (secondary N) is 1. The number of ether oxygens (including phenoxy) is 1. The van der Waals surface area contributed by atoms with Crippen LogP contribution in [-0.4, -0.2) is 65.1 Å². The number of carboxylic acids is 1. The molecule has 0 aliphatic carbocycles. The Labute approximate surface area is 118 Å². The number of urea groups is 1. The van der Waals surface area contributed by atoms with E-state index in [4.69, 9.17) is 4.74 Å². The van der Waals surface area contributed by atoms with Gasteiger partial charge in [-0.2, -0.15) is 0 Å². The Balaban J connectivity index is 2.71. The van der Waals surface area contributed by atoms with Crippen LogP contribution in [0.3, 0.4) is 0 Å². The van der Waals surface area contributed by atoms with Crippen molar-refractivity contribution in [2.75, 3.05) is 26.3 Å². The topological polar surface area (TPSA) is 99.1 Å². The summed E-state index contributed by atoms with van der Waals surface area (Å²) in [5, 5.41) is 21.7. The molecule has 0 aromatic rings. The maximum absolute atomic E-state index is 12.2. The van der Waals surface area contributed by atoms with E-state index in [9.17, 15) is 19.8 Å². The summed E-state index contributed by atoms with van der Waals surface area (Å²) in [5.74, 6) is -0.995. The number of rotatable bonds is 5. The van der Waals surface area contributed by atoms with E-state index in [1.807, 2.05) is 0 Å². The van der Waals surface area contributed by atoms with Gasteiger partial charge in [-0.3, -0.25) is 4.79 Å². The van der Waals surface area contributed by atoms with Crippen molar-refractivity contribution in [2.24, 2.45) is 5.41 Å². The van der Waals surface area contributed by atoms with Crippen molar-refractivity contribution >= 4 is 12.0 Å². The van der Waals surface area contributed by atoms with Gasteiger partial charge in [0.2, 0.25) is 0 Å². The fraction of sp³-hybridized carbons (Fsp3) is 0.846. The lowest BCUT2D eigenvalue weighted by Crippen LogP contribution is -2.55. The van der Waals surface area contributed by atoms with E-state index in [1.165, 1.54) is 4.90 Å². The first kappa shape index (κ1) is 16.7. The maximum atomic E-state index is 12.2. The Morgan fingerprint density at radius 3 is 2.55 bits per heavy atom. The fourth-order valence-corrected chi connectivity index (χ4v) is 2.12. The molecule has 7 nitrogen and oxygen atoms in total. The Kier molecular flexibility index (Phi) is 4.99. The zero-order valence-electron chi connectivity index (χ0n) is 12.5. The van der Waals surface area contributed by atoms with E-state index in [2.05, 4.69) is 5.32 Å². The van der Waals surface area contributed by atoms with Crippen LogP contribution in [0.15, 0.2) is 0 Å². The minimum absolute atomic E-state index is 0.0743. The van der Waals surface area contributed by atoms with Crippen molar-refractivity contribution < 1.29 is 24.5 Å². The van der Waals surface area contributed by atoms with Crippen LogP contribution in [0.25, 0.3) is 0 Å². The Bertz CT molecular complexity index is 379. The summed E-state index contributed by atoms with van der Waals surface area (Å²) in [7, 11) is 0. The van der Waals surface area contributed by atoms with E-state index >= 15 is 0 Å². The number of aliphatic hydroxyl groups is 1. The van der Waals surface area contributed by atoms with E-state index in [0.717, 1.165) is 0 Å². The molecule has 0 aromatic heterocycles. The Hall–Kier alpha value is -1.34. The summed E-state index contributed by atoms with van der Waals surface area (Å²) in [6, 6.07) is -0.971. The number of amides is 2. The molecule has 1 saturated heterocycles. The number of likely N-dealkylation sites (N-methyl/N-ethyl adjacent to an activating group) is 1. The van der Waals surface area contributed by atoms with Crippen LogP contribution >= 0.6 is 0 Å². The van der Waals surface area contributed by atoms with Crippen LogP contribution in [0, 0.1) is 5.41 Å². The molecule has 0 radical (unpaired) electrons. The summed E-state index contributed by atoms with van der Waals surface area (Å²) >= 11 is 0. The molecular weight excluding hydrogens is 264 g/mol. The molecule has 1 heterocycles. The molecule has 2 atom stereocenters. The smallest absolute Gasteiger partial charge is 0.317 e. The lowest BCUT2D eigenvalue weighted by atomic mass is 9.85. The number of hydrogen-bond acceptors (Lipinski definition) is 4. The molecule has 1 fully saturated rings. The standard InChI is InChI=1S/C13H24N2O5/c1-5-15(7-12(2,3)19)11(18)14-9-6-20-8-13(9,4)10(16)17/h9,19H,5-8H2,1-4H3,(H,14,18)(H,16,17). The molecule has 1 rings (SSSR count). The van der Waals surface area contributed by atoms with Gasteiger partial charge in [0.1, 0.15) is 5.41 Å². The average Bonchev–Trinajstić information content (AvgIpc) is 2.68. The molecule has 2 amide bonds. The van der Waals surface area contributed by atoms with Crippen LogP contribution in [0.5, 0.6) is 0 Å². The highest BCUT2D eigenvalue weighted by atomic mass is 16.5. The summed E-state index contributed by atoms with van der Waals surface area (Å²) in [6.07, 6.45) is 0. The van der Waals surface area contributed by atoms with Crippen LogP contribution in [-0.2, 0) is 9.53 Å². The molecule has 116 valence electrons. The summed E-state index contributed by atoms with van der Waals surface area (Å²) in [6.45, 7) is 7.43. The fourth-order valence-electron chi connectivity index (χ4n) is 2.12. The SMILES string of the molecule is CCN(CC(C)(C)O)C(=O)NC1COCC1(C)C(=O)O. The van der Waals surface area contributed by atoms with Gasteiger partial charge < -0.3 is 25.2 Å². The highest BCUT2D eigenvalue weighted by Crippen LogP contribution is 2.28. The van der Waals surface area contributed by atoms with Gasteiger partial charge in [-0.05, 0) is 27.7 Å². The normalized spacial score (nSPS) is 26.4. The molecular formula is C13H24N2O5. The zero-order chi connectivity index (χ0) is 15.6. The number of carbonyl (C=O) groups is 2. The molecule has 20 heavy (non-hydrogen) atoms. The van der Waals surface area contributed by atoms with E-state index in [1.54, 1.807) is 27.7 Å². The predicted octanol–water partition coefficient (Wildman–Crippen LogP) is 0.279.